The molecule has 0 fully saturated rings. The number of hydrogen-bond acceptors (Lipinski definition) is 4. The molecular formula is C18H17Cl2NO3S. The van der Waals surface area contributed by atoms with E-state index in [0.717, 1.165) is 5.56 Å². The summed E-state index contributed by atoms with van der Waals surface area (Å²) in [6.07, 6.45) is 0. The molecule has 0 aromatic heterocycles. The summed E-state index contributed by atoms with van der Waals surface area (Å²) in [4.78, 5) is 23.5. The fraction of sp³-hybridized carbons (Fsp3) is 0.222. The van der Waals surface area contributed by atoms with Gasteiger partial charge in [0.05, 0.1) is 28.0 Å². The van der Waals surface area contributed by atoms with Crippen LogP contribution in [0.5, 0.6) is 0 Å². The number of esters is 1. The van der Waals surface area contributed by atoms with E-state index in [4.69, 9.17) is 27.9 Å². The predicted molar refractivity (Wildman–Crippen MR) is 104 cm³/mol. The highest BCUT2D eigenvalue weighted by atomic mass is 35.5. The molecule has 0 saturated carbocycles. The molecule has 132 valence electrons. The first kappa shape index (κ1) is 19.6. The molecule has 2 rings (SSSR count). The van der Waals surface area contributed by atoms with Crippen molar-refractivity contribution >= 4 is 52.5 Å². The van der Waals surface area contributed by atoms with Gasteiger partial charge in [-0.05, 0) is 48.9 Å². The van der Waals surface area contributed by atoms with Gasteiger partial charge in [-0.1, -0.05) is 29.3 Å². The highest BCUT2D eigenvalue weighted by Gasteiger charge is 2.08. The maximum Gasteiger partial charge on any atom is 0.338 e. The monoisotopic (exact) mass is 397 g/mol. The van der Waals surface area contributed by atoms with Crippen LogP contribution >= 0.6 is 35.0 Å². The Morgan fingerprint density at radius 2 is 1.80 bits per heavy atom. The zero-order valence-electron chi connectivity index (χ0n) is 13.6. The van der Waals surface area contributed by atoms with Crippen LogP contribution in [-0.4, -0.2) is 24.2 Å². The highest BCUT2D eigenvalue weighted by Crippen LogP contribution is 2.24. The fourth-order valence-corrected chi connectivity index (χ4v) is 3.09. The molecule has 0 heterocycles. The second-order valence-corrected chi connectivity index (χ2v) is 6.89. The van der Waals surface area contributed by atoms with Crippen molar-refractivity contribution in [2.24, 2.45) is 0 Å². The van der Waals surface area contributed by atoms with Crippen LogP contribution in [0.4, 0.5) is 5.69 Å². The van der Waals surface area contributed by atoms with Crippen molar-refractivity contribution in [1.82, 2.24) is 0 Å². The summed E-state index contributed by atoms with van der Waals surface area (Å²) in [6, 6.07) is 12.0. The van der Waals surface area contributed by atoms with E-state index in [1.165, 1.54) is 11.8 Å². The Morgan fingerprint density at radius 1 is 1.08 bits per heavy atom. The van der Waals surface area contributed by atoms with Crippen LogP contribution in [0.1, 0.15) is 22.8 Å². The van der Waals surface area contributed by atoms with Crippen LogP contribution in [-0.2, 0) is 15.3 Å². The van der Waals surface area contributed by atoms with Crippen molar-refractivity contribution in [2.45, 2.75) is 12.7 Å². The molecule has 0 spiro atoms. The average Bonchev–Trinajstić information content (AvgIpc) is 2.59. The number of rotatable bonds is 7. The second kappa shape index (κ2) is 9.70. The molecule has 2 aromatic rings. The first-order valence-electron chi connectivity index (χ1n) is 7.58. The standard InChI is InChI=1S/C18H17Cl2NO3S/c1-2-24-18(23)13-4-6-14(7-5-13)21-17(22)11-25-10-12-3-8-15(19)16(20)9-12/h3-9H,2,10-11H2,1H3,(H,21,22). The summed E-state index contributed by atoms with van der Waals surface area (Å²) >= 11 is 13.3. The van der Waals surface area contributed by atoms with Crippen molar-refractivity contribution in [2.75, 3.05) is 17.7 Å². The second-order valence-electron chi connectivity index (χ2n) is 5.09. The lowest BCUT2D eigenvalue weighted by Crippen LogP contribution is -2.14. The highest BCUT2D eigenvalue weighted by molar-refractivity contribution is 7.99. The SMILES string of the molecule is CCOC(=O)c1ccc(NC(=O)CSCc2ccc(Cl)c(Cl)c2)cc1. The summed E-state index contributed by atoms with van der Waals surface area (Å²) in [5, 5.41) is 3.81. The fourth-order valence-electron chi connectivity index (χ4n) is 1.99. The Labute approximate surface area is 160 Å². The number of carbonyl (C=O) groups excluding carboxylic acids is 2. The van der Waals surface area contributed by atoms with Gasteiger partial charge in [0.25, 0.3) is 0 Å². The molecule has 7 heteroatoms. The molecule has 0 unspecified atom stereocenters. The number of nitrogens with one attached hydrogen (secondary N) is 1. The zero-order valence-corrected chi connectivity index (χ0v) is 15.9. The van der Waals surface area contributed by atoms with E-state index >= 15 is 0 Å². The van der Waals surface area contributed by atoms with Crippen LogP contribution in [0.15, 0.2) is 42.5 Å². The molecule has 0 atom stereocenters. The van der Waals surface area contributed by atoms with E-state index in [2.05, 4.69) is 5.32 Å². The smallest absolute Gasteiger partial charge is 0.338 e. The Kier molecular flexibility index (Phi) is 7.62. The zero-order chi connectivity index (χ0) is 18.2. The van der Waals surface area contributed by atoms with Gasteiger partial charge < -0.3 is 10.1 Å². The van der Waals surface area contributed by atoms with Gasteiger partial charge in [-0.3, -0.25) is 4.79 Å². The Balaban J connectivity index is 1.79. The molecule has 0 saturated heterocycles. The normalized spacial score (nSPS) is 10.4. The van der Waals surface area contributed by atoms with Crippen LogP contribution < -0.4 is 5.32 Å². The minimum Gasteiger partial charge on any atom is -0.462 e. The Hall–Kier alpha value is -1.69. The Bertz CT molecular complexity index is 750. The average molecular weight is 398 g/mol. The number of thioether (sulfide) groups is 1. The largest absolute Gasteiger partial charge is 0.462 e. The summed E-state index contributed by atoms with van der Waals surface area (Å²) in [7, 11) is 0. The van der Waals surface area contributed by atoms with Gasteiger partial charge in [0, 0.05) is 11.4 Å². The topological polar surface area (TPSA) is 55.4 Å². The number of hydrogen-bond donors (Lipinski definition) is 1. The Morgan fingerprint density at radius 3 is 2.44 bits per heavy atom. The number of ether oxygens (including phenoxy) is 1. The van der Waals surface area contributed by atoms with E-state index in [1.807, 2.05) is 6.07 Å². The molecule has 0 aliphatic heterocycles. The lowest BCUT2D eigenvalue weighted by Gasteiger charge is -2.07. The van der Waals surface area contributed by atoms with Crippen molar-refractivity contribution in [3.8, 4) is 0 Å². The van der Waals surface area contributed by atoms with Crippen molar-refractivity contribution in [1.29, 1.82) is 0 Å². The molecule has 1 amide bonds. The minimum atomic E-state index is -0.377. The number of halogens is 2. The number of benzene rings is 2. The maximum absolute atomic E-state index is 12.0. The third kappa shape index (κ3) is 6.27. The van der Waals surface area contributed by atoms with Gasteiger partial charge in [-0.25, -0.2) is 4.79 Å². The van der Waals surface area contributed by atoms with E-state index < -0.39 is 0 Å². The van der Waals surface area contributed by atoms with E-state index in [-0.39, 0.29) is 11.9 Å². The molecule has 4 nitrogen and oxygen atoms in total. The van der Waals surface area contributed by atoms with E-state index in [9.17, 15) is 9.59 Å². The first-order valence-corrected chi connectivity index (χ1v) is 9.49. The third-order valence-electron chi connectivity index (χ3n) is 3.17. The van der Waals surface area contributed by atoms with Crippen molar-refractivity contribution in [3.63, 3.8) is 0 Å². The summed E-state index contributed by atoms with van der Waals surface area (Å²) in [5.41, 5.74) is 2.09. The minimum absolute atomic E-state index is 0.117. The molecule has 2 aromatic carbocycles. The van der Waals surface area contributed by atoms with Gasteiger partial charge in [-0.2, -0.15) is 0 Å². The van der Waals surface area contributed by atoms with Crippen molar-refractivity contribution in [3.05, 3.63) is 63.6 Å². The maximum atomic E-state index is 12.0. The summed E-state index contributed by atoms with van der Waals surface area (Å²) in [6.45, 7) is 2.08. The van der Waals surface area contributed by atoms with Crippen LogP contribution in [0.3, 0.4) is 0 Å². The number of carbonyl (C=O) groups is 2. The number of anilines is 1. The summed E-state index contributed by atoms with van der Waals surface area (Å²) in [5.74, 6) is 0.470. The molecule has 0 radical (unpaired) electrons. The van der Waals surface area contributed by atoms with Crippen LogP contribution in [0, 0.1) is 0 Å². The van der Waals surface area contributed by atoms with Gasteiger partial charge in [0.1, 0.15) is 0 Å². The van der Waals surface area contributed by atoms with Crippen molar-refractivity contribution < 1.29 is 14.3 Å². The summed E-state index contributed by atoms with van der Waals surface area (Å²) < 4.78 is 4.91. The molecule has 0 aliphatic carbocycles. The molecule has 1 N–H and O–H groups in total. The van der Waals surface area contributed by atoms with Gasteiger partial charge >= 0.3 is 5.97 Å². The van der Waals surface area contributed by atoms with Crippen LogP contribution in [0.2, 0.25) is 10.0 Å². The lowest BCUT2D eigenvalue weighted by molar-refractivity contribution is -0.113. The molecule has 25 heavy (non-hydrogen) atoms. The van der Waals surface area contributed by atoms with E-state index in [1.54, 1.807) is 43.3 Å². The lowest BCUT2D eigenvalue weighted by atomic mass is 10.2. The van der Waals surface area contributed by atoms with Crippen LogP contribution in [0.25, 0.3) is 0 Å². The first-order chi connectivity index (χ1) is 12.0. The quantitative estimate of drug-likeness (QED) is 0.664. The van der Waals surface area contributed by atoms with Gasteiger partial charge in [0.15, 0.2) is 0 Å². The molecule has 0 aliphatic rings. The third-order valence-corrected chi connectivity index (χ3v) is 4.91. The predicted octanol–water partition coefficient (Wildman–Crippen LogP) is 5.04. The van der Waals surface area contributed by atoms with E-state index in [0.29, 0.717) is 39.4 Å². The number of amides is 1. The van der Waals surface area contributed by atoms with Gasteiger partial charge in [0.2, 0.25) is 5.91 Å². The van der Waals surface area contributed by atoms with Gasteiger partial charge in [-0.15, -0.1) is 11.8 Å². The molecular weight excluding hydrogens is 381 g/mol. The molecule has 0 bridgehead atoms.